The highest BCUT2D eigenvalue weighted by atomic mass is 17.2. The van der Waals surface area contributed by atoms with E-state index >= 15 is 0 Å². The molecule has 0 saturated carbocycles. The van der Waals surface area contributed by atoms with Crippen molar-refractivity contribution in [2.75, 3.05) is 20.3 Å². The highest BCUT2D eigenvalue weighted by Gasteiger charge is 2.08. The average molecular weight is 239 g/mol. The zero-order valence-corrected chi connectivity index (χ0v) is 9.84. The summed E-state index contributed by atoms with van der Waals surface area (Å²) in [5.74, 6) is 0.103. The van der Waals surface area contributed by atoms with E-state index in [4.69, 9.17) is 9.47 Å². The van der Waals surface area contributed by atoms with E-state index < -0.39 is 5.97 Å². The summed E-state index contributed by atoms with van der Waals surface area (Å²) in [4.78, 5) is 20.5. The van der Waals surface area contributed by atoms with Crippen molar-refractivity contribution < 1.29 is 24.0 Å². The van der Waals surface area contributed by atoms with Gasteiger partial charge in [-0.05, 0) is 31.2 Å². The second kappa shape index (κ2) is 7.65. The van der Waals surface area contributed by atoms with Crippen LogP contribution < -0.4 is 4.74 Å². The van der Waals surface area contributed by atoms with Crippen molar-refractivity contribution in [1.82, 2.24) is 0 Å². The summed E-state index contributed by atoms with van der Waals surface area (Å²) < 4.78 is 9.93. The summed E-state index contributed by atoms with van der Waals surface area (Å²) in [5.41, 5.74) is 0.385. The van der Waals surface area contributed by atoms with Crippen LogP contribution in [0.1, 0.15) is 17.3 Å². The van der Waals surface area contributed by atoms with Crippen LogP contribution in [0.5, 0.6) is 5.75 Å². The van der Waals surface area contributed by atoms with Crippen LogP contribution in [0.4, 0.5) is 0 Å². The third kappa shape index (κ3) is 4.84. The Morgan fingerprint density at radius 2 is 2.00 bits per heavy atom. The van der Waals surface area contributed by atoms with Gasteiger partial charge in [-0.25, -0.2) is 4.79 Å². The molecule has 1 rings (SSSR count). The summed E-state index contributed by atoms with van der Waals surface area (Å²) in [6.07, 6.45) is 0. The Bertz CT molecular complexity index is 333. The Labute approximate surface area is 100 Å². The van der Waals surface area contributed by atoms with Crippen LogP contribution in [0.15, 0.2) is 24.3 Å². The van der Waals surface area contributed by atoms with Crippen LogP contribution in [0.25, 0.3) is 0 Å². The van der Waals surface area contributed by atoms with Crippen LogP contribution in [0, 0.1) is 6.61 Å². The number of ether oxygens (including phenoxy) is 2. The summed E-state index contributed by atoms with van der Waals surface area (Å²) in [5, 5.41) is 0. The number of methoxy groups -OCH3 is 1. The fraction of sp³-hybridized carbons (Fsp3) is 0.333. The molecule has 17 heavy (non-hydrogen) atoms. The third-order valence-corrected chi connectivity index (χ3v) is 1.91. The van der Waals surface area contributed by atoms with E-state index in [2.05, 4.69) is 9.78 Å². The molecular weight excluding hydrogens is 224 g/mol. The number of hydrogen-bond donors (Lipinski definition) is 0. The first-order chi connectivity index (χ1) is 8.27. The van der Waals surface area contributed by atoms with E-state index in [1.165, 1.54) is 6.61 Å². The molecule has 0 saturated heterocycles. The largest absolute Gasteiger partial charge is 0.497 e. The summed E-state index contributed by atoms with van der Waals surface area (Å²) >= 11 is 0. The van der Waals surface area contributed by atoms with E-state index in [0.29, 0.717) is 17.9 Å². The number of carbonyl (C=O) groups is 1. The first kappa shape index (κ1) is 13.5. The van der Waals surface area contributed by atoms with Crippen molar-refractivity contribution in [2.24, 2.45) is 0 Å². The molecular formula is C12H15O5. The SMILES string of the molecule is CCOC[CH]OOC(=O)c1ccc(OC)cc1. The molecule has 0 unspecified atom stereocenters. The molecule has 93 valence electrons. The topological polar surface area (TPSA) is 54.0 Å². The van der Waals surface area contributed by atoms with Gasteiger partial charge in [-0.1, -0.05) is 0 Å². The molecule has 0 aromatic heterocycles. The van der Waals surface area contributed by atoms with Gasteiger partial charge in [-0.3, -0.25) is 4.89 Å². The molecule has 1 aromatic carbocycles. The molecule has 0 aliphatic carbocycles. The molecule has 0 aliphatic heterocycles. The van der Waals surface area contributed by atoms with Gasteiger partial charge in [0.15, 0.2) is 6.61 Å². The second-order valence-electron chi connectivity index (χ2n) is 3.02. The van der Waals surface area contributed by atoms with E-state index in [-0.39, 0.29) is 6.61 Å². The minimum atomic E-state index is -0.569. The fourth-order valence-corrected chi connectivity index (χ4v) is 1.05. The highest BCUT2D eigenvalue weighted by Crippen LogP contribution is 2.12. The zero-order valence-electron chi connectivity index (χ0n) is 9.84. The molecule has 0 bridgehead atoms. The van der Waals surface area contributed by atoms with E-state index in [9.17, 15) is 4.79 Å². The normalized spacial score (nSPS) is 10.0. The Kier molecular flexibility index (Phi) is 6.06. The molecule has 0 aliphatic rings. The highest BCUT2D eigenvalue weighted by molar-refractivity contribution is 5.89. The maximum Gasteiger partial charge on any atom is 0.373 e. The van der Waals surface area contributed by atoms with Gasteiger partial charge in [0.05, 0.1) is 19.3 Å². The molecule has 1 radical (unpaired) electrons. The van der Waals surface area contributed by atoms with E-state index in [0.717, 1.165) is 0 Å². The molecule has 0 atom stereocenters. The van der Waals surface area contributed by atoms with Gasteiger partial charge in [0.25, 0.3) is 0 Å². The van der Waals surface area contributed by atoms with Crippen molar-refractivity contribution >= 4 is 5.97 Å². The molecule has 5 heteroatoms. The Balaban J connectivity index is 2.31. The smallest absolute Gasteiger partial charge is 0.373 e. The lowest BCUT2D eigenvalue weighted by Crippen LogP contribution is -2.07. The molecule has 0 N–H and O–H groups in total. The number of rotatable bonds is 7. The van der Waals surface area contributed by atoms with Crippen molar-refractivity contribution in [3.8, 4) is 5.75 Å². The minimum absolute atomic E-state index is 0.270. The minimum Gasteiger partial charge on any atom is -0.497 e. The maximum atomic E-state index is 11.4. The number of benzene rings is 1. The summed E-state index contributed by atoms with van der Waals surface area (Å²) in [7, 11) is 1.55. The van der Waals surface area contributed by atoms with Crippen LogP contribution in [-0.2, 0) is 14.5 Å². The van der Waals surface area contributed by atoms with Crippen molar-refractivity contribution in [1.29, 1.82) is 0 Å². The monoisotopic (exact) mass is 239 g/mol. The first-order valence-corrected chi connectivity index (χ1v) is 5.19. The Morgan fingerprint density at radius 3 is 2.59 bits per heavy atom. The molecule has 0 heterocycles. The lowest BCUT2D eigenvalue weighted by molar-refractivity contribution is -0.218. The van der Waals surface area contributed by atoms with Gasteiger partial charge in [0.2, 0.25) is 0 Å². The van der Waals surface area contributed by atoms with Crippen LogP contribution >= 0.6 is 0 Å². The second-order valence-corrected chi connectivity index (χ2v) is 3.02. The quantitative estimate of drug-likeness (QED) is 0.413. The van der Waals surface area contributed by atoms with Gasteiger partial charge in [-0.2, -0.15) is 4.89 Å². The lowest BCUT2D eigenvalue weighted by atomic mass is 10.2. The van der Waals surface area contributed by atoms with Gasteiger partial charge < -0.3 is 9.47 Å². The first-order valence-electron chi connectivity index (χ1n) is 5.19. The van der Waals surface area contributed by atoms with Crippen molar-refractivity contribution in [2.45, 2.75) is 6.92 Å². The fourth-order valence-electron chi connectivity index (χ4n) is 1.05. The van der Waals surface area contributed by atoms with Gasteiger partial charge >= 0.3 is 5.97 Å². The molecule has 0 amide bonds. The molecule has 0 spiro atoms. The summed E-state index contributed by atoms with van der Waals surface area (Å²) in [6, 6.07) is 6.52. The van der Waals surface area contributed by atoms with Gasteiger partial charge in [-0.15, -0.1) is 0 Å². The predicted octanol–water partition coefficient (Wildman–Crippen LogP) is 1.98. The van der Waals surface area contributed by atoms with Crippen LogP contribution in [-0.4, -0.2) is 26.3 Å². The Hall–Kier alpha value is -1.59. The van der Waals surface area contributed by atoms with Gasteiger partial charge in [0, 0.05) is 6.61 Å². The Morgan fingerprint density at radius 1 is 1.29 bits per heavy atom. The lowest BCUT2D eigenvalue weighted by Gasteiger charge is -2.04. The molecule has 5 nitrogen and oxygen atoms in total. The summed E-state index contributed by atoms with van der Waals surface area (Å²) in [6.45, 7) is 3.97. The average Bonchev–Trinajstić information content (AvgIpc) is 2.38. The van der Waals surface area contributed by atoms with Crippen molar-refractivity contribution in [3.05, 3.63) is 36.4 Å². The zero-order chi connectivity index (χ0) is 12.5. The van der Waals surface area contributed by atoms with Gasteiger partial charge in [0.1, 0.15) is 5.75 Å². The number of carbonyl (C=O) groups excluding carboxylic acids is 1. The number of hydrogen-bond acceptors (Lipinski definition) is 5. The molecule has 0 fully saturated rings. The maximum absolute atomic E-state index is 11.4. The molecule has 1 aromatic rings. The van der Waals surface area contributed by atoms with Crippen molar-refractivity contribution in [3.63, 3.8) is 0 Å². The predicted molar refractivity (Wildman–Crippen MR) is 60.3 cm³/mol. The standard InChI is InChI=1S/C12H15O5/c1-3-15-8-9-16-17-12(13)10-4-6-11(14-2)7-5-10/h4-7,9H,3,8H2,1-2H3. The van der Waals surface area contributed by atoms with Crippen LogP contribution in [0.2, 0.25) is 0 Å². The van der Waals surface area contributed by atoms with E-state index in [1.807, 2.05) is 6.92 Å². The van der Waals surface area contributed by atoms with Crippen LogP contribution in [0.3, 0.4) is 0 Å². The third-order valence-electron chi connectivity index (χ3n) is 1.91. The van der Waals surface area contributed by atoms with E-state index in [1.54, 1.807) is 31.4 Å².